The molecule has 128 valence electrons. The molecule has 0 heterocycles. The van der Waals surface area contributed by atoms with Gasteiger partial charge in [-0.1, -0.05) is 30.3 Å². The number of hydrogen-bond donors (Lipinski definition) is 4. The van der Waals surface area contributed by atoms with Crippen molar-refractivity contribution in [3.8, 4) is 11.5 Å². The summed E-state index contributed by atoms with van der Waals surface area (Å²) >= 11 is 0. The van der Waals surface area contributed by atoms with Crippen molar-refractivity contribution in [3.05, 3.63) is 59.7 Å². The number of nitrogens with two attached hydrogens (primary N) is 1. The molecule has 0 aliphatic carbocycles. The van der Waals surface area contributed by atoms with Crippen molar-refractivity contribution in [2.45, 2.75) is 12.5 Å². The predicted octanol–water partition coefficient (Wildman–Crippen LogP) is 1.06. The minimum atomic E-state index is -0.708. The fraction of sp³-hybridized carbons (Fsp3) is 0.278. The molecular weight excluding hydrogens is 308 g/mol. The van der Waals surface area contributed by atoms with Crippen LogP contribution in [0.3, 0.4) is 0 Å². The van der Waals surface area contributed by atoms with Crippen LogP contribution in [-0.2, 0) is 6.42 Å². The molecule has 2 aromatic carbocycles. The molecule has 2 rings (SSSR count). The molecule has 5 N–H and O–H groups in total. The van der Waals surface area contributed by atoms with E-state index < -0.39 is 12.0 Å². The first-order valence-corrected chi connectivity index (χ1v) is 7.74. The molecule has 6 nitrogen and oxygen atoms in total. The maximum absolute atomic E-state index is 11.1. The summed E-state index contributed by atoms with van der Waals surface area (Å²) in [7, 11) is 0. The van der Waals surface area contributed by atoms with Crippen molar-refractivity contribution >= 4 is 5.91 Å². The molecule has 0 saturated heterocycles. The van der Waals surface area contributed by atoms with Crippen LogP contribution < -0.4 is 15.8 Å². The zero-order valence-corrected chi connectivity index (χ0v) is 13.3. The van der Waals surface area contributed by atoms with Crippen LogP contribution in [0.2, 0.25) is 0 Å². The first-order chi connectivity index (χ1) is 11.6. The summed E-state index contributed by atoms with van der Waals surface area (Å²) in [6, 6.07) is 14.1. The lowest BCUT2D eigenvalue weighted by molar-refractivity contribution is 0.0997. The Morgan fingerprint density at radius 2 is 1.96 bits per heavy atom. The number of phenols is 1. The van der Waals surface area contributed by atoms with Crippen LogP contribution in [0.25, 0.3) is 0 Å². The summed E-state index contributed by atoms with van der Waals surface area (Å²) in [6.45, 7) is 1.36. The van der Waals surface area contributed by atoms with Crippen molar-refractivity contribution in [1.29, 1.82) is 0 Å². The summed E-state index contributed by atoms with van der Waals surface area (Å²) in [5, 5.41) is 22.6. The smallest absolute Gasteiger partial charge is 0.252 e. The predicted molar refractivity (Wildman–Crippen MR) is 91.1 cm³/mol. The number of nitrogens with one attached hydrogen (secondary N) is 1. The zero-order chi connectivity index (χ0) is 17.4. The van der Waals surface area contributed by atoms with Crippen molar-refractivity contribution in [3.63, 3.8) is 0 Å². The van der Waals surface area contributed by atoms with E-state index in [1.54, 1.807) is 6.07 Å². The molecule has 1 atom stereocenters. The zero-order valence-electron chi connectivity index (χ0n) is 13.3. The molecule has 0 aliphatic heterocycles. The normalized spacial score (nSPS) is 11.9. The summed E-state index contributed by atoms with van der Waals surface area (Å²) < 4.78 is 5.49. The molecule has 0 fully saturated rings. The fourth-order valence-electron chi connectivity index (χ4n) is 2.27. The molecule has 24 heavy (non-hydrogen) atoms. The van der Waals surface area contributed by atoms with E-state index in [0.717, 1.165) is 5.56 Å². The van der Waals surface area contributed by atoms with Gasteiger partial charge in [-0.25, -0.2) is 0 Å². The van der Waals surface area contributed by atoms with Crippen LogP contribution in [0.4, 0.5) is 0 Å². The van der Waals surface area contributed by atoms with Crippen molar-refractivity contribution in [2.75, 3.05) is 19.7 Å². The van der Waals surface area contributed by atoms with Crippen LogP contribution in [0.15, 0.2) is 48.5 Å². The Hall–Kier alpha value is -2.57. The summed E-state index contributed by atoms with van der Waals surface area (Å²) in [5.41, 5.74) is 6.28. The van der Waals surface area contributed by atoms with E-state index in [1.165, 1.54) is 12.1 Å². The van der Waals surface area contributed by atoms with Gasteiger partial charge in [-0.05, 0) is 30.2 Å². The van der Waals surface area contributed by atoms with E-state index in [0.29, 0.717) is 31.9 Å². The SMILES string of the molecule is NC(=O)c1cc(OCCNCC(O)Cc2ccccc2)ccc1O. The van der Waals surface area contributed by atoms with Crippen LogP contribution in [0.1, 0.15) is 15.9 Å². The van der Waals surface area contributed by atoms with E-state index >= 15 is 0 Å². The molecule has 1 unspecified atom stereocenters. The van der Waals surface area contributed by atoms with Gasteiger partial charge in [0, 0.05) is 13.1 Å². The number of carbonyl (C=O) groups is 1. The highest BCUT2D eigenvalue weighted by Gasteiger charge is 2.09. The average molecular weight is 330 g/mol. The highest BCUT2D eigenvalue weighted by molar-refractivity contribution is 5.95. The topological polar surface area (TPSA) is 105 Å². The fourth-order valence-corrected chi connectivity index (χ4v) is 2.27. The lowest BCUT2D eigenvalue weighted by atomic mass is 10.1. The monoisotopic (exact) mass is 330 g/mol. The number of amides is 1. The van der Waals surface area contributed by atoms with Gasteiger partial charge < -0.3 is 26.0 Å². The number of ether oxygens (including phenoxy) is 1. The van der Waals surface area contributed by atoms with E-state index in [2.05, 4.69) is 5.32 Å². The molecule has 0 spiro atoms. The Labute approximate surface area is 140 Å². The molecule has 0 radical (unpaired) electrons. The van der Waals surface area contributed by atoms with Crippen molar-refractivity contribution in [2.24, 2.45) is 5.73 Å². The van der Waals surface area contributed by atoms with Crippen LogP contribution in [-0.4, -0.2) is 41.9 Å². The molecule has 2 aromatic rings. The van der Waals surface area contributed by atoms with Crippen molar-refractivity contribution in [1.82, 2.24) is 5.32 Å². The highest BCUT2D eigenvalue weighted by Crippen LogP contribution is 2.22. The largest absolute Gasteiger partial charge is 0.507 e. The Balaban J connectivity index is 1.68. The van der Waals surface area contributed by atoms with E-state index in [9.17, 15) is 15.0 Å². The Morgan fingerprint density at radius 1 is 1.21 bits per heavy atom. The number of benzene rings is 2. The van der Waals surface area contributed by atoms with Gasteiger partial charge in [-0.2, -0.15) is 0 Å². The number of aliphatic hydroxyl groups excluding tert-OH is 1. The maximum atomic E-state index is 11.1. The van der Waals surface area contributed by atoms with Gasteiger partial charge in [0.1, 0.15) is 18.1 Å². The summed E-state index contributed by atoms with van der Waals surface area (Å²) in [4.78, 5) is 11.1. The molecule has 0 aromatic heterocycles. The van der Waals surface area contributed by atoms with Crippen LogP contribution >= 0.6 is 0 Å². The number of carbonyl (C=O) groups excluding carboxylic acids is 1. The molecule has 0 saturated carbocycles. The lowest BCUT2D eigenvalue weighted by Gasteiger charge is -2.13. The van der Waals surface area contributed by atoms with E-state index in [1.807, 2.05) is 30.3 Å². The Morgan fingerprint density at radius 3 is 2.67 bits per heavy atom. The maximum Gasteiger partial charge on any atom is 0.252 e. The van der Waals surface area contributed by atoms with Gasteiger partial charge >= 0.3 is 0 Å². The Bertz CT molecular complexity index is 661. The van der Waals surface area contributed by atoms with Gasteiger partial charge in [0.25, 0.3) is 5.91 Å². The molecule has 6 heteroatoms. The van der Waals surface area contributed by atoms with E-state index in [4.69, 9.17) is 10.5 Å². The second-order valence-electron chi connectivity index (χ2n) is 5.44. The minimum absolute atomic E-state index is 0.0266. The third kappa shape index (κ3) is 5.57. The Kier molecular flexibility index (Phi) is 6.60. The van der Waals surface area contributed by atoms with Gasteiger partial charge in [-0.3, -0.25) is 4.79 Å². The van der Waals surface area contributed by atoms with Crippen molar-refractivity contribution < 1.29 is 19.7 Å². The molecular formula is C18H22N2O4. The number of aromatic hydroxyl groups is 1. The third-order valence-electron chi connectivity index (χ3n) is 3.48. The quantitative estimate of drug-likeness (QED) is 0.515. The standard InChI is InChI=1S/C18H22N2O4/c19-18(23)16-11-15(6-7-17(16)22)24-9-8-20-12-14(21)10-13-4-2-1-3-5-13/h1-7,11,14,20-22H,8-10,12H2,(H2,19,23). The van der Waals surface area contributed by atoms with Gasteiger partial charge in [0.2, 0.25) is 0 Å². The third-order valence-corrected chi connectivity index (χ3v) is 3.48. The first-order valence-electron chi connectivity index (χ1n) is 7.74. The second-order valence-corrected chi connectivity index (χ2v) is 5.44. The number of primary amides is 1. The highest BCUT2D eigenvalue weighted by atomic mass is 16.5. The molecule has 0 aliphatic rings. The first kappa shape index (κ1) is 17.8. The average Bonchev–Trinajstić information content (AvgIpc) is 2.56. The summed E-state index contributed by atoms with van der Waals surface area (Å²) in [6.07, 6.45) is 0.122. The van der Waals surface area contributed by atoms with Crippen LogP contribution in [0.5, 0.6) is 11.5 Å². The minimum Gasteiger partial charge on any atom is -0.507 e. The number of hydrogen-bond acceptors (Lipinski definition) is 5. The molecule has 0 bridgehead atoms. The van der Waals surface area contributed by atoms with Gasteiger partial charge in [0.05, 0.1) is 11.7 Å². The summed E-state index contributed by atoms with van der Waals surface area (Å²) in [5.74, 6) is -0.426. The second kappa shape index (κ2) is 8.90. The van der Waals surface area contributed by atoms with Gasteiger partial charge in [0.15, 0.2) is 0 Å². The van der Waals surface area contributed by atoms with Gasteiger partial charge in [-0.15, -0.1) is 0 Å². The molecule has 1 amide bonds. The number of rotatable bonds is 9. The number of aliphatic hydroxyl groups is 1. The van der Waals surface area contributed by atoms with Crippen LogP contribution in [0, 0.1) is 0 Å². The lowest BCUT2D eigenvalue weighted by Crippen LogP contribution is -2.31. The van der Waals surface area contributed by atoms with E-state index in [-0.39, 0.29) is 11.3 Å².